The van der Waals surface area contributed by atoms with Crippen LogP contribution in [0.5, 0.6) is 5.75 Å². The van der Waals surface area contributed by atoms with Gasteiger partial charge in [0.1, 0.15) is 12.1 Å². The van der Waals surface area contributed by atoms with Crippen LogP contribution in [0.25, 0.3) is 11.3 Å². The largest absolute Gasteiger partial charge is 0.495 e. The third-order valence-electron chi connectivity index (χ3n) is 2.71. The molecule has 1 heterocycles. The highest BCUT2D eigenvalue weighted by Crippen LogP contribution is 2.32. The number of halogens is 1. The Labute approximate surface area is 111 Å². The Balaban J connectivity index is 2.53. The molecule has 1 aromatic carbocycles. The number of nitrogens with zero attached hydrogens (tertiary/aromatic N) is 2. The molecule has 0 aliphatic carbocycles. The highest BCUT2D eigenvalue weighted by atomic mass is 35.5. The highest BCUT2D eigenvalue weighted by Gasteiger charge is 2.09. The van der Waals surface area contributed by atoms with Gasteiger partial charge >= 0.3 is 0 Å². The van der Waals surface area contributed by atoms with Crippen LogP contribution in [0.1, 0.15) is 11.3 Å². The molecule has 18 heavy (non-hydrogen) atoms. The third-order valence-corrected chi connectivity index (χ3v) is 3.00. The molecule has 2 rings (SSSR count). The van der Waals surface area contributed by atoms with Crippen LogP contribution in [0.4, 0.5) is 0 Å². The Morgan fingerprint density at radius 3 is 2.72 bits per heavy atom. The van der Waals surface area contributed by atoms with Crippen LogP contribution < -0.4 is 10.5 Å². The van der Waals surface area contributed by atoms with Crippen molar-refractivity contribution >= 4 is 11.6 Å². The fraction of sp³-hybridized carbons (Fsp3) is 0.231. The number of aromatic nitrogens is 2. The van der Waals surface area contributed by atoms with Crippen LogP contribution in [-0.2, 0) is 6.54 Å². The molecule has 0 radical (unpaired) electrons. The van der Waals surface area contributed by atoms with Crippen molar-refractivity contribution in [2.45, 2.75) is 13.5 Å². The number of rotatable bonds is 3. The Kier molecular flexibility index (Phi) is 3.79. The van der Waals surface area contributed by atoms with Gasteiger partial charge in [-0.2, -0.15) is 0 Å². The summed E-state index contributed by atoms with van der Waals surface area (Å²) in [5, 5.41) is 0.561. The minimum Gasteiger partial charge on any atom is -0.495 e. The number of aryl methyl sites for hydroxylation is 1. The fourth-order valence-corrected chi connectivity index (χ4v) is 1.98. The van der Waals surface area contributed by atoms with Crippen LogP contribution in [0.15, 0.2) is 24.5 Å². The number of nitrogens with two attached hydrogens (primary N) is 1. The molecular formula is C13H14ClN3O. The minimum absolute atomic E-state index is 0.387. The van der Waals surface area contributed by atoms with Crippen molar-refractivity contribution in [1.29, 1.82) is 0 Å². The summed E-state index contributed by atoms with van der Waals surface area (Å²) in [5.41, 5.74) is 9.18. The van der Waals surface area contributed by atoms with Gasteiger partial charge in [-0.05, 0) is 30.7 Å². The minimum atomic E-state index is 0.387. The summed E-state index contributed by atoms with van der Waals surface area (Å²) in [6, 6.07) is 5.60. The van der Waals surface area contributed by atoms with E-state index in [0.29, 0.717) is 17.3 Å². The standard InChI is InChI=1S/C13H14ClN3O/c1-8-3-13(18-2)11(14)5-10(8)12-4-9(6-15)16-7-17-12/h3-5,7H,6,15H2,1-2H3. The van der Waals surface area contributed by atoms with Gasteiger partial charge in [-0.1, -0.05) is 11.6 Å². The molecule has 0 atom stereocenters. The molecule has 0 saturated heterocycles. The summed E-state index contributed by atoms with van der Waals surface area (Å²) < 4.78 is 5.18. The molecule has 4 nitrogen and oxygen atoms in total. The number of benzene rings is 1. The van der Waals surface area contributed by atoms with Crippen LogP contribution in [0.3, 0.4) is 0 Å². The van der Waals surface area contributed by atoms with E-state index < -0.39 is 0 Å². The molecule has 1 aromatic heterocycles. The van der Waals surface area contributed by atoms with Gasteiger partial charge in [-0.25, -0.2) is 9.97 Å². The van der Waals surface area contributed by atoms with Gasteiger partial charge in [0.2, 0.25) is 0 Å². The average Bonchev–Trinajstić information content (AvgIpc) is 2.41. The van der Waals surface area contributed by atoms with Gasteiger partial charge in [0, 0.05) is 12.1 Å². The van der Waals surface area contributed by atoms with E-state index in [0.717, 1.165) is 22.5 Å². The number of hydrogen-bond acceptors (Lipinski definition) is 4. The summed E-state index contributed by atoms with van der Waals surface area (Å²) in [7, 11) is 1.59. The molecule has 5 heteroatoms. The van der Waals surface area contributed by atoms with Crippen molar-refractivity contribution in [3.8, 4) is 17.0 Å². The number of ether oxygens (including phenoxy) is 1. The number of methoxy groups -OCH3 is 1. The lowest BCUT2D eigenvalue weighted by Gasteiger charge is -2.10. The second kappa shape index (κ2) is 5.33. The summed E-state index contributed by atoms with van der Waals surface area (Å²) >= 11 is 6.13. The lowest BCUT2D eigenvalue weighted by molar-refractivity contribution is 0.415. The Bertz CT molecular complexity index is 572. The first-order valence-electron chi connectivity index (χ1n) is 5.51. The topological polar surface area (TPSA) is 61.0 Å². The Hall–Kier alpha value is -1.65. The van der Waals surface area contributed by atoms with Crippen molar-refractivity contribution in [2.24, 2.45) is 5.73 Å². The second-order valence-corrected chi connectivity index (χ2v) is 4.31. The van der Waals surface area contributed by atoms with E-state index in [9.17, 15) is 0 Å². The SMILES string of the molecule is COc1cc(C)c(-c2cc(CN)ncn2)cc1Cl. The normalized spacial score (nSPS) is 10.4. The maximum absolute atomic E-state index is 6.13. The predicted octanol–water partition coefficient (Wildman–Crippen LogP) is 2.57. The maximum atomic E-state index is 6.13. The fourth-order valence-electron chi connectivity index (χ4n) is 1.74. The number of hydrogen-bond donors (Lipinski definition) is 1. The van der Waals surface area contributed by atoms with E-state index in [-0.39, 0.29) is 0 Å². The summed E-state index contributed by atoms with van der Waals surface area (Å²) in [4.78, 5) is 8.32. The van der Waals surface area contributed by atoms with Crippen molar-refractivity contribution in [3.05, 3.63) is 40.8 Å². The Morgan fingerprint density at radius 1 is 1.28 bits per heavy atom. The molecule has 0 aliphatic heterocycles. The molecule has 2 aromatic rings. The summed E-state index contributed by atoms with van der Waals surface area (Å²) in [5.74, 6) is 0.658. The van der Waals surface area contributed by atoms with E-state index >= 15 is 0 Å². The molecule has 0 unspecified atom stereocenters. The van der Waals surface area contributed by atoms with E-state index in [1.807, 2.05) is 25.1 Å². The zero-order valence-corrected chi connectivity index (χ0v) is 11.0. The van der Waals surface area contributed by atoms with Gasteiger partial charge < -0.3 is 10.5 Å². The van der Waals surface area contributed by atoms with E-state index in [2.05, 4.69) is 9.97 Å². The van der Waals surface area contributed by atoms with Gasteiger partial charge in [-0.3, -0.25) is 0 Å². The smallest absolute Gasteiger partial charge is 0.137 e. The van der Waals surface area contributed by atoms with E-state index in [4.69, 9.17) is 22.1 Å². The van der Waals surface area contributed by atoms with Gasteiger partial charge in [0.25, 0.3) is 0 Å². The monoisotopic (exact) mass is 263 g/mol. The Morgan fingerprint density at radius 2 is 2.06 bits per heavy atom. The van der Waals surface area contributed by atoms with E-state index in [1.165, 1.54) is 6.33 Å². The molecule has 0 bridgehead atoms. The first-order chi connectivity index (χ1) is 8.65. The first kappa shape index (κ1) is 12.8. The van der Waals surface area contributed by atoms with Crippen LogP contribution in [0.2, 0.25) is 5.02 Å². The highest BCUT2D eigenvalue weighted by molar-refractivity contribution is 6.32. The summed E-state index contributed by atoms with van der Waals surface area (Å²) in [6.07, 6.45) is 1.51. The molecule has 0 saturated carbocycles. The molecule has 0 amide bonds. The van der Waals surface area contributed by atoms with Gasteiger partial charge in [-0.15, -0.1) is 0 Å². The molecule has 0 spiro atoms. The van der Waals surface area contributed by atoms with Crippen molar-refractivity contribution in [1.82, 2.24) is 9.97 Å². The third kappa shape index (κ3) is 2.44. The summed E-state index contributed by atoms with van der Waals surface area (Å²) in [6.45, 7) is 2.37. The van der Waals surface area contributed by atoms with E-state index in [1.54, 1.807) is 7.11 Å². The van der Waals surface area contributed by atoms with Crippen LogP contribution in [-0.4, -0.2) is 17.1 Å². The predicted molar refractivity (Wildman–Crippen MR) is 71.7 cm³/mol. The molecule has 94 valence electrons. The molecule has 0 fully saturated rings. The quantitative estimate of drug-likeness (QED) is 0.925. The first-order valence-corrected chi connectivity index (χ1v) is 5.89. The van der Waals surface area contributed by atoms with Crippen molar-refractivity contribution in [3.63, 3.8) is 0 Å². The molecular weight excluding hydrogens is 250 g/mol. The van der Waals surface area contributed by atoms with Gasteiger partial charge in [0.05, 0.1) is 23.5 Å². The van der Waals surface area contributed by atoms with Crippen molar-refractivity contribution < 1.29 is 4.74 Å². The maximum Gasteiger partial charge on any atom is 0.137 e. The van der Waals surface area contributed by atoms with Crippen LogP contribution >= 0.6 is 11.6 Å². The zero-order chi connectivity index (χ0) is 13.1. The van der Waals surface area contributed by atoms with Crippen molar-refractivity contribution in [2.75, 3.05) is 7.11 Å². The average molecular weight is 264 g/mol. The lowest BCUT2D eigenvalue weighted by atomic mass is 10.0. The van der Waals surface area contributed by atoms with Gasteiger partial charge in [0.15, 0.2) is 0 Å². The molecule has 0 aliphatic rings. The lowest BCUT2D eigenvalue weighted by Crippen LogP contribution is -2.01. The second-order valence-electron chi connectivity index (χ2n) is 3.90. The van der Waals surface area contributed by atoms with Crippen LogP contribution in [0, 0.1) is 6.92 Å². The zero-order valence-electron chi connectivity index (χ0n) is 10.3. The molecule has 2 N–H and O–H groups in total.